The Hall–Kier alpha value is -2.32. The highest BCUT2D eigenvalue weighted by atomic mass is 79.9. The first-order valence-corrected chi connectivity index (χ1v) is 7.95. The zero-order valence-electron chi connectivity index (χ0n) is 11.8. The number of halogens is 1. The summed E-state index contributed by atoms with van der Waals surface area (Å²) in [6.07, 6.45) is 0. The minimum atomic E-state index is 0.895. The Bertz CT molecular complexity index is 924. The SMILES string of the molecule is Brc1ccc2c(-c3ccccc3)c(-c3ccccc3)oc2c1. The molecule has 0 atom stereocenters. The second-order valence-electron chi connectivity index (χ2n) is 5.18. The molecule has 0 fully saturated rings. The monoisotopic (exact) mass is 348 g/mol. The molecule has 22 heavy (non-hydrogen) atoms. The Morgan fingerprint density at radius 3 is 2.00 bits per heavy atom. The molecule has 0 aliphatic rings. The number of fused-ring (bicyclic) bond motifs is 1. The number of furan rings is 1. The predicted octanol–water partition coefficient (Wildman–Crippen LogP) is 6.53. The van der Waals surface area contributed by atoms with E-state index >= 15 is 0 Å². The first-order chi connectivity index (χ1) is 10.8. The van der Waals surface area contributed by atoms with Crippen LogP contribution in [-0.2, 0) is 0 Å². The minimum Gasteiger partial charge on any atom is -0.455 e. The normalized spacial score (nSPS) is 11.0. The summed E-state index contributed by atoms with van der Waals surface area (Å²) >= 11 is 3.52. The van der Waals surface area contributed by atoms with E-state index in [4.69, 9.17) is 4.42 Å². The van der Waals surface area contributed by atoms with Gasteiger partial charge < -0.3 is 4.42 Å². The highest BCUT2D eigenvalue weighted by Gasteiger charge is 2.17. The summed E-state index contributed by atoms with van der Waals surface area (Å²) in [5.74, 6) is 0.917. The molecule has 0 N–H and O–H groups in total. The van der Waals surface area contributed by atoms with Crippen LogP contribution in [-0.4, -0.2) is 0 Å². The summed E-state index contributed by atoms with van der Waals surface area (Å²) in [5, 5.41) is 1.13. The zero-order chi connectivity index (χ0) is 14.9. The molecule has 3 aromatic carbocycles. The lowest BCUT2D eigenvalue weighted by Gasteiger charge is -2.03. The molecule has 0 radical (unpaired) electrons. The van der Waals surface area contributed by atoms with E-state index in [0.29, 0.717) is 0 Å². The third-order valence-electron chi connectivity index (χ3n) is 3.75. The average molecular weight is 349 g/mol. The van der Waals surface area contributed by atoms with Crippen LogP contribution in [0.2, 0.25) is 0 Å². The molecule has 106 valence electrons. The van der Waals surface area contributed by atoms with Crippen molar-refractivity contribution in [3.63, 3.8) is 0 Å². The molecular formula is C20H13BrO. The van der Waals surface area contributed by atoms with Crippen molar-refractivity contribution in [2.24, 2.45) is 0 Å². The fourth-order valence-corrected chi connectivity index (χ4v) is 3.09. The van der Waals surface area contributed by atoms with Gasteiger partial charge in [-0.25, -0.2) is 0 Å². The second kappa shape index (κ2) is 5.47. The number of hydrogen-bond acceptors (Lipinski definition) is 1. The molecule has 2 heteroatoms. The van der Waals surface area contributed by atoms with Crippen molar-refractivity contribution in [1.29, 1.82) is 0 Å². The Balaban J connectivity index is 2.07. The Labute approximate surface area is 137 Å². The smallest absolute Gasteiger partial charge is 0.143 e. The van der Waals surface area contributed by atoms with Crippen molar-refractivity contribution in [3.05, 3.63) is 83.3 Å². The van der Waals surface area contributed by atoms with Gasteiger partial charge in [0.15, 0.2) is 0 Å². The summed E-state index contributed by atoms with van der Waals surface area (Å²) in [6, 6.07) is 26.8. The first-order valence-electron chi connectivity index (χ1n) is 7.16. The van der Waals surface area contributed by atoms with Crippen LogP contribution in [0, 0.1) is 0 Å². The second-order valence-corrected chi connectivity index (χ2v) is 6.09. The minimum absolute atomic E-state index is 0.895. The topological polar surface area (TPSA) is 13.1 Å². The summed E-state index contributed by atoms with van der Waals surface area (Å²) in [6.45, 7) is 0. The molecule has 0 spiro atoms. The molecule has 0 aliphatic carbocycles. The van der Waals surface area contributed by atoms with Gasteiger partial charge in [-0.1, -0.05) is 76.6 Å². The largest absolute Gasteiger partial charge is 0.455 e. The van der Waals surface area contributed by atoms with Crippen molar-refractivity contribution in [2.75, 3.05) is 0 Å². The molecule has 0 bridgehead atoms. The van der Waals surface area contributed by atoms with Crippen LogP contribution >= 0.6 is 15.9 Å². The van der Waals surface area contributed by atoms with Gasteiger partial charge in [0, 0.05) is 21.0 Å². The van der Waals surface area contributed by atoms with Crippen molar-refractivity contribution in [3.8, 4) is 22.5 Å². The molecule has 1 aromatic heterocycles. The predicted molar refractivity (Wildman–Crippen MR) is 94.8 cm³/mol. The molecule has 0 aliphatic heterocycles. The van der Waals surface area contributed by atoms with Crippen molar-refractivity contribution in [2.45, 2.75) is 0 Å². The van der Waals surface area contributed by atoms with Crippen molar-refractivity contribution < 1.29 is 4.42 Å². The summed E-state index contributed by atoms with van der Waals surface area (Å²) in [4.78, 5) is 0. The molecule has 0 saturated heterocycles. The molecule has 0 unspecified atom stereocenters. The van der Waals surface area contributed by atoms with Gasteiger partial charge in [-0.15, -0.1) is 0 Å². The zero-order valence-corrected chi connectivity index (χ0v) is 13.4. The van der Waals surface area contributed by atoms with Crippen molar-refractivity contribution in [1.82, 2.24) is 0 Å². The summed E-state index contributed by atoms with van der Waals surface area (Å²) in [7, 11) is 0. The van der Waals surface area contributed by atoms with Gasteiger partial charge in [-0.05, 0) is 23.8 Å². The van der Waals surface area contributed by atoms with Crippen LogP contribution in [0.3, 0.4) is 0 Å². The Morgan fingerprint density at radius 2 is 1.32 bits per heavy atom. The lowest BCUT2D eigenvalue weighted by molar-refractivity contribution is 0.632. The van der Waals surface area contributed by atoms with Crippen LogP contribution in [0.15, 0.2) is 87.8 Å². The first kappa shape index (κ1) is 13.4. The summed E-state index contributed by atoms with van der Waals surface area (Å²) < 4.78 is 7.21. The number of benzene rings is 3. The van der Waals surface area contributed by atoms with E-state index in [1.165, 1.54) is 5.56 Å². The molecule has 0 saturated carbocycles. The van der Waals surface area contributed by atoms with Crippen LogP contribution in [0.4, 0.5) is 0 Å². The van der Waals surface area contributed by atoms with Gasteiger partial charge in [0.1, 0.15) is 11.3 Å². The Morgan fingerprint density at radius 1 is 0.682 bits per heavy atom. The van der Waals surface area contributed by atoms with E-state index in [1.54, 1.807) is 0 Å². The molecule has 4 aromatic rings. The van der Waals surface area contributed by atoms with E-state index in [9.17, 15) is 0 Å². The third kappa shape index (κ3) is 2.26. The van der Waals surface area contributed by atoms with Crippen LogP contribution < -0.4 is 0 Å². The third-order valence-corrected chi connectivity index (χ3v) is 4.24. The van der Waals surface area contributed by atoms with Gasteiger partial charge >= 0.3 is 0 Å². The van der Waals surface area contributed by atoms with Crippen LogP contribution in [0.25, 0.3) is 33.4 Å². The lowest BCUT2D eigenvalue weighted by atomic mass is 9.99. The maximum atomic E-state index is 6.19. The molecule has 1 nitrogen and oxygen atoms in total. The van der Waals surface area contributed by atoms with Gasteiger partial charge in [0.25, 0.3) is 0 Å². The highest BCUT2D eigenvalue weighted by molar-refractivity contribution is 9.10. The van der Waals surface area contributed by atoms with E-state index in [-0.39, 0.29) is 0 Å². The Kier molecular flexibility index (Phi) is 3.32. The fraction of sp³-hybridized carbons (Fsp3) is 0. The van der Waals surface area contributed by atoms with E-state index < -0.39 is 0 Å². The van der Waals surface area contributed by atoms with Gasteiger partial charge in [0.05, 0.1) is 0 Å². The van der Waals surface area contributed by atoms with E-state index in [0.717, 1.165) is 32.3 Å². The van der Waals surface area contributed by atoms with Gasteiger partial charge in [-0.3, -0.25) is 0 Å². The molecular weight excluding hydrogens is 336 g/mol. The summed E-state index contributed by atoms with van der Waals surface area (Å²) in [5.41, 5.74) is 4.30. The maximum Gasteiger partial charge on any atom is 0.143 e. The quantitative estimate of drug-likeness (QED) is 0.401. The van der Waals surface area contributed by atoms with E-state index in [1.807, 2.05) is 30.3 Å². The number of hydrogen-bond donors (Lipinski definition) is 0. The highest BCUT2D eigenvalue weighted by Crippen LogP contribution is 2.41. The molecule has 0 amide bonds. The molecule has 1 heterocycles. The molecule has 4 rings (SSSR count). The fourth-order valence-electron chi connectivity index (χ4n) is 2.75. The van der Waals surface area contributed by atoms with Crippen molar-refractivity contribution >= 4 is 26.9 Å². The maximum absolute atomic E-state index is 6.19. The van der Waals surface area contributed by atoms with Gasteiger partial charge in [-0.2, -0.15) is 0 Å². The standard InChI is InChI=1S/C20H13BrO/c21-16-11-12-17-18(13-16)22-20(15-9-5-2-6-10-15)19(17)14-7-3-1-4-8-14/h1-13H. The van der Waals surface area contributed by atoms with Crippen LogP contribution in [0.1, 0.15) is 0 Å². The number of rotatable bonds is 2. The average Bonchev–Trinajstić information content (AvgIpc) is 2.95. The van der Waals surface area contributed by atoms with Gasteiger partial charge in [0.2, 0.25) is 0 Å². The van der Waals surface area contributed by atoms with E-state index in [2.05, 4.69) is 64.5 Å². The van der Waals surface area contributed by atoms with Crippen LogP contribution in [0.5, 0.6) is 0 Å². The lowest BCUT2D eigenvalue weighted by Crippen LogP contribution is -1.80.